The Morgan fingerprint density at radius 1 is 1.10 bits per heavy atom. The largest absolute Gasteiger partial charge is 0.493 e. The van der Waals surface area contributed by atoms with Crippen molar-refractivity contribution in [3.63, 3.8) is 0 Å². The molecular weight excluding hydrogens is 448 g/mol. The summed E-state index contributed by atoms with van der Waals surface area (Å²) in [5.41, 5.74) is 3.70. The molecule has 0 aromatic heterocycles. The van der Waals surface area contributed by atoms with Crippen molar-refractivity contribution in [3.05, 3.63) is 57.6 Å². The zero-order valence-corrected chi connectivity index (χ0v) is 20.1. The minimum atomic E-state index is -0.554. The molecule has 156 valence electrons. The number of carbonyl (C=O) groups is 1. The molecule has 29 heavy (non-hydrogen) atoms. The number of anilines is 1. The first-order valence-corrected chi connectivity index (χ1v) is 10.9. The number of hydrogen-bond acceptors (Lipinski definition) is 3. The smallest absolute Gasteiger partial charge is 0.231 e. The summed E-state index contributed by atoms with van der Waals surface area (Å²) in [5, 5.41) is 6.17. The van der Waals surface area contributed by atoms with Crippen LogP contribution in [0.2, 0.25) is 0 Å². The highest BCUT2D eigenvalue weighted by molar-refractivity contribution is 9.10. The molecule has 6 heteroatoms. The van der Waals surface area contributed by atoms with Gasteiger partial charge in [-0.3, -0.25) is 4.79 Å². The number of rotatable bonds is 7. The zero-order chi connectivity index (χ0) is 21.6. The Kier molecular flexibility index (Phi) is 8.23. The van der Waals surface area contributed by atoms with Gasteiger partial charge in [0.25, 0.3) is 0 Å². The van der Waals surface area contributed by atoms with Gasteiger partial charge in [-0.05, 0) is 96.7 Å². The normalized spacial score (nSPS) is 11.1. The van der Waals surface area contributed by atoms with Gasteiger partial charge in [0.15, 0.2) is 5.11 Å². The summed E-state index contributed by atoms with van der Waals surface area (Å²) < 4.78 is 6.80. The number of nitrogens with one attached hydrogen (secondary N) is 2. The van der Waals surface area contributed by atoms with Gasteiger partial charge in [0.05, 0.1) is 12.3 Å². The van der Waals surface area contributed by atoms with E-state index < -0.39 is 5.41 Å². The van der Waals surface area contributed by atoms with Crippen LogP contribution in [0, 0.1) is 26.2 Å². The fourth-order valence-electron chi connectivity index (χ4n) is 2.82. The van der Waals surface area contributed by atoms with Crippen molar-refractivity contribution in [2.45, 2.75) is 47.5 Å². The van der Waals surface area contributed by atoms with Crippen molar-refractivity contribution in [1.82, 2.24) is 5.32 Å². The molecule has 0 saturated heterocycles. The summed E-state index contributed by atoms with van der Waals surface area (Å²) in [7, 11) is 0. The van der Waals surface area contributed by atoms with Crippen LogP contribution in [0.1, 0.15) is 43.4 Å². The van der Waals surface area contributed by atoms with Crippen LogP contribution in [0.15, 0.2) is 40.9 Å². The topological polar surface area (TPSA) is 50.4 Å². The number of benzene rings is 2. The summed E-state index contributed by atoms with van der Waals surface area (Å²) in [5.74, 6) is 0.797. The molecule has 0 bridgehead atoms. The second-order valence-electron chi connectivity index (χ2n) is 8.00. The molecule has 2 aromatic carbocycles. The maximum absolute atomic E-state index is 12.7. The van der Waals surface area contributed by atoms with Gasteiger partial charge in [0.2, 0.25) is 5.91 Å². The monoisotopic (exact) mass is 476 g/mol. The quantitative estimate of drug-likeness (QED) is 0.375. The van der Waals surface area contributed by atoms with E-state index in [9.17, 15) is 4.79 Å². The molecular formula is C23H29BrN2O2S. The van der Waals surface area contributed by atoms with Crippen LogP contribution in [0.25, 0.3) is 0 Å². The lowest BCUT2D eigenvalue weighted by Crippen LogP contribution is -2.42. The first-order chi connectivity index (χ1) is 13.6. The van der Waals surface area contributed by atoms with Gasteiger partial charge >= 0.3 is 0 Å². The Hall–Kier alpha value is -1.92. The van der Waals surface area contributed by atoms with E-state index in [4.69, 9.17) is 17.0 Å². The van der Waals surface area contributed by atoms with Crippen LogP contribution in [0.5, 0.6) is 5.75 Å². The molecule has 4 nitrogen and oxygen atoms in total. The minimum absolute atomic E-state index is 0.107. The third-order valence-electron chi connectivity index (χ3n) is 4.76. The molecule has 0 fully saturated rings. The van der Waals surface area contributed by atoms with Crippen LogP contribution in [-0.2, 0) is 4.79 Å². The number of amides is 1. The second kappa shape index (κ2) is 10.2. The Morgan fingerprint density at radius 2 is 1.76 bits per heavy atom. The van der Waals surface area contributed by atoms with Crippen LogP contribution in [0.4, 0.5) is 5.69 Å². The molecule has 2 N–H and O–H groups in total. The predicted octanol–water partition coefficient (Wildman–Crippen LogP) is 6.07. The summed E-state index contributed by atoms with van der Waals surface area (Å²) in [6.07, 6.45) is 1.47. The first kappa shape index (κ1) is 23.4. The third-order valence-corrected chi connectivity index (χ3v) is 5.62. The van der Waals surface area contributed by atoms with Crippen molar-refractivity contribution in [1.29, 1.82) is 0 Å². The third kappa shape index (κ3) is 7.12. The molecule has 0 spiro atoms. The van der Waals surface area contributed by atoms with Crippen molar-refractivity contribution < 1.29 is 9.53 Å². The van der Waals surface area contributed by atoms with E-state index in [1.54, 1.807) is 0 Å². The molecule has 1 amide bonds. The second-order valence-corrected chi connectivity index (χ2v) is 9.26. The summed E-state index contributed by atoms with van der Waals surface area (Å²) in [6, 6.07) is 12.1. The van der Waals surface area contributed by atoms with Crippen LogP contribution >= 0.6 is 28.1 Å². The van der Waals surface area contributed by atoms with Gasteiger partial charge < -0.3 is 15.4 Å². The highest BCUT2D eigenvalue weighted by Gasteiger charge is 2.28. The van der Waals surface area contributed by atoms with E-state index >= 15 is 0 Å². The van der Waals surface area contributed by atoms with Gasteiger partial charge in [-0.2, -0.15) is 0 Å². The van der Waals surface area contributed by atoms with E-state index in [0.717, 1.165) is 33.5 Å². The number of hydrogen-bond donors (Lipinski definition) is 2. The van der Waals surface area contributed by atoms with Crippen molar-refractivity contribution in [2.24, 2.45) is 5.41 Å². The lowest BCUT2D eigenvalue weighted by Gasteiger charge is -2.24. The zero-order valence-electron chi connectivity index (χ0n) is 17.7. The van der Waals surface area contributed by atoms with Crippen LogP contribution in [0.3, 0.4) is 0 Å². The summed E-state index contributed by atoms with van der Waals surface area (Å²) in [6.45, 7) is 10.5. The first-order valence-electron chi connectivity index (χ1n) is 9.67. The van der Waals surface area contributed by atoms with Crippen molar-refractivity contribution >= 4 is 44.9 Å². The molecule has 0 heterocycles. The molecule has 0 radical (unpaired) electrons. The van der Waals surface area contributed by atoms with Crippen LogP contribution < -0.4 is 15.4 Å². The van der Waals surface area contributed by atoms with Crippen molar-refractivity contribution in [3.8, 4) is 5.75 Å². The number of aryl methyl sites for hydroxylation is 3. The Bertz CT molecular complexity index is 896. The number of halogens is 1. The number of thiocarbonyl (C=S) groups is 1. The molecule has 0 atom stereocenters. The van der Waals surface area contributed by atoms with E-state index in [2.05, 4.69) is 38.7 Å². The fraction of sp³-hybridized carbons (Fsp3) is 0.391. The maximum atomic E-state index is 12.7. The average Bonchev–Trinajstić information content (AvgIpc) is 2.63. The van der Waals surface area contributed by atoms with E-state index in [-0.39, 0.29) is 5.91 Å². The van der Waals surface area contributed by atoms with Gasteiger partial charge in [-0.1, -0.05) is 32.0 Å². The van der Waals surface area contributed by atoms with Gasteiger partial charge in [-0.15, -0.1) is 0 Å². The standard InChI is InChI=1S/C23H29BrN2O2S/c1-15-8-10-19(18(24)13-15)25-22(29)26-21(27)23(4,5)11-6-12-28-20-14-16(2)7-9-17(20)3/h7-10,13-14H,6,11-12H2,1-5H3,(H2,25,26,27,29). The predicted molar refractivity (Wildman–Crippen MR) is 128 cm³/mol. The maximum Gasteiger partial charge on any atom is 0.231 e. The lowest BCUT2D eigenvalue weighted by atomic mass is 9.87. The fourth-order valence-corrected chi connectivity index (χ4v) is 3.61. The Morgan fingerprint density at radius 3 is 2.45 bits per heavy atom. The molecule has 2 rings (SSSR count). The molecule has 0 aliphatic carbocycles. The van der Waals surface area contributed by atoms with Gasteiger partial charge in [-0.25, -0.2) is 0 Å². The Labute approximate surface area is 187 Å². The minimum Gasteiger partial charge on any atom is -0.493 e. The molecule has 0 unspecified atom stereocenters. The van der Waals surface area contributed by atoms with E-state index in [0.29, 0.717) is 18.1 Å². The van der Waals surface area contributed by atoms with E-state index in [1.807, 2.05) is 58.9 Å². The number of carbonyl (C=O) groups excluding carboxylic acids is 1. The molecule has 0 aliphatic heterocycles. The van der Waals surface area contributed by atoms with Gasteiger partial charge in [0, 0.05) is 9.89 Å². The van der Waals surface area contributed by atoms with Crippen molar-refractivity contribution in [2.75, 3.05) is 11.9 Å². The Balaban J connectivity index is 1.82. The highest BCUT2D eigenvalue weighted by Crippen LogP contribution is 2.25. The van der Waals surface area contributed by atoms with E-state index in [1.165, 1.54) is 5.56 Å². The molecule has 0 saturated carbocycles. The molecule has 2 aromatic rings. The number of ether oxygens (including phenoxy) is 1. The summed E-state index contributed by atoms with van der Waals surface area (Å²) in [4.78, 5) is 12.7. The van der Waals surface area contributed by atoms with Gasteiger partial charge in [0.1, 0.15) is 5.75 Å². The SMILES string of the molecule is Cc1ccc(NC(=S)NC(=O)C(C)(C)CCCOc2cc(C)ccc2C)c(Br)c1. The molecule has 0 aliphatic rings. The summed E-state index contributed by atoms with van der Waals surface area (Å²) >= 11 is 8.81. The van der Waals surface area contributed by atoms with Crippen LogP contribution in [-0.4, -0.2) is 17.6 Å². The highest BCUT2D eigenvalue weighted by atomic mass is 79.9. The lowest BCUT2D eigenvalue weighted by molar-refractivity contribution is -0.128. The average molecular weight is 477 g/mol.